The van der Waals surface area contributed by atoms with Gasteiger partial charge in [-0.2, -0.15) is 0 Å². The molecule has 0 saturated heterocycles. The maximum Gasteiger partial charge on any atom is 0.0361 e. The molecule has 3 heteroatoms. The van der Waals surface area contributed by atoms with E-state index in [1.54, 1.807) is 0 Å². The normalized spacial score (nSPS) is 12.4. The van der Waals surface area contributed by atoms with Gasteiger partial charge in [0, 0.05) is 15.0 Å². The Morgan fingerprint density at radius 1 is 1.05 bits per heavy atom. The molecule has 0 radical (unpaired) electrons. The van der Waals surface area contributed by atoms with Gasteiger partial charge in [-0.3, -0.25) is 0 Å². The van der Waals surface area contributed by atoms with Crippen molar-refractivity contribution in [1.29, 1.82) is 0 Å². The summed E-state index contributed by atoms with van der Waals surface area (Å²) in [5.74, 6) is 0. The van der Waals surface area contributed by atoms with Crippen LogP contribution < -0.4 is 5.32 Å². The Morgan fingerprint density at radius 3 is 2.42 bits per heavy atom. The van der Waals surface area contributed by atoms with Crippen molar-refractivity contribution in [2.24, 2.45) is 0 Å². The number of benzene rings is 2. The number of hydrogen-bond donors (Lipinski definition) is 1. The highest BCUT2D eigenvalue weighted by Crippen LogP contribution is 2.25. The quantitative estimate of drug-likeness (QED) is 0.782. The summed E-state index contributed by atoms with van der Waals surface area (Å²) in [6.07, 6.45) is 0.985. The Balaban J connectivity index is 2.25. The average molecular weight is 383 g/mol. The topological polar surface area (TPSA) is 12.0 Å². The average Bonchev–Trinajstić information content (AvgIpc) is 2.37. The zero-order valence-electron chi connectivity index (χ0n) is 11.1. The smallest absolute Gasteiger partial charge is 0.0361 e. The molecule has 19 heavy (non-hydrogen) atoms. The van der Waals surface area contributed by atoms with E-state index in [1.807, 2.05) is 7.05 Å². The lowest BCUT2D eigenvalue weighted by Gasteiger charge is -2.19. The maximum absolute atomic E-state index is 3.53. The van der Waals surface area contributed by atoms with Crippen LogP contribution in [0, 0.1) is 6.92 Å². The van der Waals surface area contributed by atoms with Crippen LogP contribution in [0.3, 0.4) is 0 Å². The minimum Gasteiger partial charge on any atom is -0.313 e. The van der Waals surface area contributed by atoms with Gasteiger partial charge in [-0.05, 0) is 61.3 Å². The van der Waals surface area contributed by atoms with E-state index >= 15 is 0 Å². The van der Waals surface area contributed by atoms with Crippen LogP contribution in [0.25, 0.3) is 0 Å². The minimum atomic E-state index is 0.336. The van der Waals surface area contributed by atoms with Gasteiger partial charge < -0.3 is 5.32 Å². The van der Waals surface area contributed by atoms with Crippen molar-refractivity contribution in [3.63, 3.8) is 0 Å². The maximum atomic E-state index is 3.53. The van der Waals surface area contributed by atoms with Gasteiger partial charge in [0.05, 0.1) is 0 Å². The van der Waals surface area contributed by atoms with Crippen LogP contribution >= 0.6 is 31.9 Å². The van der Waals surface area contributed by atoms with Crippen molar-refractivity contribution in [1.82, 2.24) is 5.32 Å². The van der Waals surface area contributed by atoms with E-state index in [9.17, 15) is 0 Å². The molecule has 0 heterocycles. The van der Waals surface area contributed by atoms with E-state index < -0.39 is 0 Å². The molecule has 2 aromatic rings. The third-order valence-electron chi connectivity index (χ3n) is 3.28. The number of likely N-dealkylation sites (N-methyl/N-ethyl adjacent to an activating group) is 1. The van der Waals surface area contributed by atoms with E-state index in [0.29, 0.717) is 6.04 Å². The standard InChI is InChI=1S/C16H17Br2N/c1-11-8-14(18)6-7-15(11)16(19-2)10-12-4-3-5-13(17)9-12/h3-9,16,19H,10H2,1-2H3. The molecule has 0 aromatic heterocycles. The van der Waals surface area contributed by atoms with Crippen molar-refractivity contribution in [3.05, 3.63) is 68.1 Å². The Morgan fingerprint density at radius 2 is 1.79 bits per heavy atom. The Kier molecular flexibility index (Phi) is 5.20. The molecule has 0 bridgehead atoms. The molecule has 1 nitrogen and oxygen atoms in total. The first kappa shape index (κ1) is 14.8. The largest absolute Gasteiger partial charge is 0.313 e. The molecule has 1 atom stereocenters. The zero-order valence-corrected chi connectivity index (χ0v) is 14.3. The van der Waals surface area contributed by atoms with Crippen LogP contribution in [0.15, 0.2) is 51.4 Å². The number of hydrogen-bond acceptors (Lipinski definition) is 1. The molecule has 0 aliphatic carbocycles. The van der Waals surface area contributed by atoms with Crippen molar-refractivity contribution >= 4 is 31.9 Å². The highest BCUT2D eigenvalue weighted by Gasteiger charge is 2.12. The number of nitrogens with one attached hydrogen (secondary N) is 1. The third kappa shape index (κ3) is 3.91. The Bertz CT molecular complexity index is 566. The second kappa shape index (κ2) is 6.69. The lowest BCUT2D eigenvalue weighted by atomic mass is 9.95. The third-order valence-corrected chi connectivity index (χ3v) is 4.27. The van der Waals surface area contributed by atoms with E-state index in [1.165, 1.54) is 16.7 Å². The summed E-state index contributed by atoms with van der Waals surface area (Å²) in [5, 5.41) is 3.42. The minimum absolute atomic E-state index is 0.336. The summed E-state index contributed by atoms with van der Waals surface area (Å²) in [5.41, 5.74) is 3.99. The molecule has 0 spiro atoms. The fourth-order valence-corrected chi connectivity index (χ4v) is 3.22. The van der Waals surface area contributed by atoms with Gasteiger partial charge in [-0.1, -0.05) is 50.1 Å². The van der Waals surface area contributed by atoms with Gasteiger partial charge in [0.1, 0.15) is 0 Å². The summed E-state index contributed by atoms with van der Waals surface area (Å²) in [7, 11) is 2.02. The van der Waals surface area contributed by atoms with Crippen molar-refractivity contribution in [2.75, 3.05) is 7.05 Å². The summed E-state index contributed by atoms with van der Waals surface area (Å²) in [6, 6.07) is 15.3. The first-order valence-electron chi connectivity index (χ1n) is 6.28. The molecular weight excluding hydrogens is 366 g/mol. The molecule has 0 fully saturated rings. The lowest BCUT2D eigenvalue weighted by molar-refractivity contribution is 0.589. The van der Waals surface area contributed by atoms with E-state index in [0.717, 1.165) is 15.4 Å². The second-order valence-electron chi connectivity index (χ2n) is 4.68. The Labute approximate surface area is 131 Å². The zero-order chi connectivity index (χ0) is 13.8. The Hall–Kier alpha value is -0.640. The van der Waals surface area contributed by atoms with E-state index in [-0.39, 0.29) is 0 Å². The second-order valence-corrected chi connectivity index (χ2v) is 6.51. The molecule has 0 saturated carbocycles. The summed E-state index contributed by atoms with van der Waals surface area (Å²) in [4.78, 5) is 0. The number of rotatable bonds is 4. The molecule has 1 N–H and O–H groups in total. The van der Waals surface area contributed by atoms with Gasteiger partial charge in [-0.15, -0.1) is 0 Å². The fourth-order valence-electron chi connectivity index (χ4n) is 2.30. The molecule has 2 rings (SSSR count). The van der Waals surface area contributed by atoms with E-state index in [2.05, 4.69) is 86.6 Å². The van der Waals surface area contributed by atoms with Crippen LogP contribution in [-0.4, -0.2) is 7.05 Å². The first-order chi connectivity index (χ1) is 9.10. The van der Waals surface area contributed by atoms with Gasteiger partial charge >= 0.3 is 0 Å². The molecule has 1 unspecified atom stereocenters. The molecule has 0 amide bonds. The predicted octanol–water partition coefficient (Wildman–Crippen LogP) is 5.02. The molecular formula is C16H17Br2N. The summed E-state index contributed by atoms with van der Waals surface area (Å²) < 4.78 is 2.26. The van der Waals surface area contributed by atoms with Crippen LogP contribution in [0.5, 0.6) is 0 Å². The van der Waals surface area contributed by atoms with Crippen LogP contribution in [0.4, 0.5) is 0 Å². The van der Waals surface area contributed by atoms with Crippen LogP contribution in [-0.2, 0) is 6.42 Å². The number of halogens is 2. The predicted molar refractivity (Wildman–Crippen MR) is 88.5 cm³/mol. The summed E-state index contributed by atoms with van der Waals surface area (Å²) >= 11 is 7.04. The SMILES string of the molecule is CNC(Cc1cccc(Br)c1)c1ccc(Br)cc1C. The van der Waals surface area contributed by atoms with Gasteiger partial charge in [0.25, 0.3) is 0 Å². The molecule has 0 aliphatic heterocycles. The van der Waals surface area contributed by atoms with Crippen molar-refractivity contribution in [3.8, 4) is 0 Å². The highest BCUT2D eigenvalue weighted by molar-refractivity contribution is 9.10. The monoisotopic (exact) mass is 381 g/mol. The van der Waals surface area contributed by atoms with Gasteiger partial charge in [0.2, 0.25) is 0 Å². The first-order valence-corrected chi connectivity index (χ1v) is 7.86. The van der Waals surface area contributed by atoms with Crippen LogP contribution in [0.1, 0.15) is 22.7 Å². The van der Waals surface area contributed by atoms with Crippen molar-refractivity contribution in [2.45, 2.75) is 19.4 Å². The van der Waals surface area contributed by atoms with E-state index in [4.69, 9.17) is 0 Å². The molecule has 100 valence electrons. The fraction of sp³-hybridized carbons (Fsp3) is 0.250. The van der Waals surface area contributed by atoms with Gasteiger partial charge in [0.15, 0.2) is 0 Å². The lowest BCUT2D eigenvalue weighted by Crippen LogP contribution is -2.19. The molecule has 0 aliphatic rings. The summed E-state index contributed by atoms with van der Waals surface area (Å²) in [6.45, 7) is 2.16. The van der Waals surface area contributed by atoms with Crippen molar-refractivity contribution < 1.29 is 0 Å². The van der Waals surface area contributed by atoms with Gasteiger partial charge in [-0.25, -0.2) is 0 Å². The molecule has 2 aromatic carbocycles. The van der Waals surface area contributed by atoms with Crippen LogP contribution in [0.2, 0.25) is 0 Å². The highest BCUT2D eigenvalue weighted by atomic mass is 79.9. The number of aryl methyl sites for hydroxylation is 1.